The van der Waals surface area contributed by atoms with Gasteiger partial charge in [0.2, 0.25) is 0 Å². The normalized spacial score (nSPS) is 12.7. The average Bonchev–Trinajstić information content (AvgIpc) is 3.24. The van der Waals surface area contributed by atoms with Crippen molar-refractivity contribution in [1.29, 1.82) is 0 Å². The molecule has 0 aliphatic rings. The molecule has 0 aliphatic carbocycles. The Balaban J connectivity index is 4.41. The lowest BCUT2D eigenvalue weighted by Gasteiger charge is -2.18. The van der Waals surface area contributed by atoms with E-state index in [1.807, 2.05) is 0 Å². The molecule has 0 saturated heterocycles. The first-order chi connectivity index (χ1) is 29.5. The maximum Gasteiger partial charge on any atom is 0.306 e. The number of esters is 3. The van der Waals surface area contributed by atoms with Crippen molar-refractivity contribution < 1.29 is 28.6 Å². The third kappa shape index (κ3) is 45.9. The van der Waals surface area contributed by atoms with Gasteiger partial charge in [-0.1, -0.05) is 196 Å². The van der Waals surface area contributed by atoms with Crippen LogP contribution in [0.1, 0.15) is 233 Å². The molecule has 0 amide bonds. The van der Waals surface area contributed by atoms with E-state index in [4.69, 9.17) is 14.2 Å². The Labute approximate surface area is 370 Å². The van der Waals surface area contributed by atoms with Crippen LogP contribution in [0.4, 0.5) is 0 Å². The van der Waals surface area contributed by atoms with E-state index in [0.717, 1.165) is 122 Å². The number of allylic oxidation sites excluding steroid dienone is 12. The first-order valence-corrected chi connectivity index (χ1v) is 24.9. The van der Waals surface area contributed by atoms with Crippen LogP contribution in [-0.2, 0) is 28.6 Å². The molecule has 344 valence electrons. The van der Waals surface area contributed by atoms with Crippen molar-refractivity contribution in [3.63, 3.8) is 0 Å². The molecule has 0 bridgehead atoms. The van der Waals surface area contributed by atoms with Crippen LogP contribution in [-0.4, -0.2) is 37.2 Å². The van der Waals surface area contributed by atoms with Gasteiger partial charge in [-0.2, -0.15) is 0 Å². The van der Waals surface area contributed by atoms with Crippen molar-refractivity contribution in [2.45, 2.75) is 239 Å². The number of rotatable bonds is 44. The molecule has 6 nitrogen and oxygen atoms in total. The lowest BCUT2D eigenvalue weighted by molar-refractivity contribution is -0.167. The van der Waals surface area contributed by atoms with Crippen LogP contribution < -0.4 is 0 Å². The summed E-state index contributed by atoms with van der Waals surface area (Å²) in [5.41, 5.74) is 0. The Hall–Kier alpha value is -3.15. The van der Waals surface area contributed by atoms with Crippen molar-refractivity contribution in [2.75, 3.05) is 13.2 Å². The standard InChI is InChI=1S/C54H92O6/c1-4-7-10-13-16-19-21-23-25-27-29-30-32-35-38-41-44-47-53(56)59-50-51(49-58-52(55)46-43-40-37-34-18-15-12-9-6-3)60-54(57)48-45-42-39-36-33-31-28-26-24-22-20-17-14-11-8-5-2/h7,10,16,19-20,22-23,25-26,28-30,51H,4-6,8-9,11-15,17-18,21,24,27,31-50H2,1-3H3/b10-7-,19-16-,22-20-,25-23-,28-26-,30-29-. The first-order valence-electron chi connectivity index (χ1n) is 24.9. The fraction of sp³-hybridized carbons (Fsp3) is 0.722. The zero-order valence-corrected chi connectivity index (χ0v) is 39.2. The molecular weight excluding hydrogens is 745 g/mol. The van der Waals surface area contributed by atoms with Gasteiger partial charge < -0.3 is 14.2 Å². The third-order valence-corrected chi connectivity index (χ3v) is 10.4. The summed E-state index contributed by atoms with van der Waals surface area (Å²) in [6, 6.07) is 0. The molecule has 0 aromatic heterocycles. The summed E-state index contributed by atoms with van der Waals surface area (Å²) >= 11 is 0. The Morgan fingerprint density at radius 1 is 0.350 bits per heavy atom. The highest BCUT2D eigenvalue weighted by Gasteiger charge is 2.19. The molecule has 60 heavy (non-hydrogen) atoms. The third-order valence-electron chi connectivity index (χ3n) is 10.4. The van der Waals surface area contributed by atoms with E-state index in [9.17, 15) is 14.4 Å². The molecule has 0 aromatic rings. The van der Waals surface area contributed by atoms with Crippen LogP contribution in [0.15, 0.2) is 72.9 Å². The van der Waals surface area contributed by atoms with Crippen LogP contribution in [0.3, 0.4) is 0 Å². The molecule has 0 radical (unpaired) electrons. The topological polar surface area (TPSA) is 78.9 Å². The van der Waals surface area contributed by atoms with E-state index >= 15 is 0 Å². The summed E-state index contributed by atoms with van der Waals surface area (Å²) < 4.78 is 16.7. The molecule has 1 unspecified atom stereocenters. The van der Waals surface area contributed by atoms with Crippen molar-refractivity contribution in [1.82, 2.24) is 0 Å². The Kier molecular flexibility index (Phi) is 46.0. The minimum atomic E-state index is -0.790. The summed E-state index contributed by atoms with van der Waals surface area (Å²) in [5.74, 6) is -0.930. The Morgan fingerprint density at radius 2 is 0.650 bits per heavy atom. The Bertz CT molecular complexity index is 1140. The van der Waals surface area contributed by atoms with E-state index in [2.05, 4.69) is 93.7 Å². The maximum absolute atomic E-state index is 12.8. The van der Waals surface area contributed by atoms with Crippen molar-refractivity contribution >= 4 is 17.9 Å². The quantitative estimate of drug-likeness (QED) is 0.0263. The summed E-state index contributed by atoms with van der Waals surface area (Å²) in [6.07, 6.45) is 60.3. The number of hydrogen-bond acceptors (Lipinski definition) is 6. The van der Waals surface area contributed by atoms with Crippen LogP contribution in [0.2, 0.25) is 0 Å². The summed E-state index contributed by atoms with van der Waals surface area (Å²) in [5, 5.41) is 0. The largest absolute Gasteiger partial charge is 0.462 e. The van der Waals surface area contributed by atoms with Gasteiger partial charge in [-0.05, 0) is 89.9 Å². The predicted octanol–water partition coefficient (Wildman–Crippen LogP) is 16.3. The zero-order valence-electron chi connectivity index (χ0n) is 39.2. The van der Waals surface area contributed by atoms with E-state index in [0.29, 0.717) is 19.3 Å². The smallest absolute Gasteiger partial charge is 0.306 e. The minimum Gasteiger partial charge on any atom is -0.462 e. The van der Waals surface area contributed by atoms with Gasteiger partial charge in [0.1, 0.15) is 13.2 Å². The van der Waals surface area contributed by atoms with Crippen LogP contribution in [0, 0.1) is 0 Å². The monoisotopic (exact) mass is 837 g/mol. The molecule has 0 fully saturated rings. The highest BCUT2D eigenvalue weighted by atomic mass is 16.6. The summed E-state index contributed by atoms with van der Waals surface area (Å²) in [4.78, 5) is 37.8. The first kappa shape index (κ1) is 56.9. The molecule has 0 rings (SSSR count). The number of unbranched alkanes of at least 4 members (excludes halogenated alkanes) is 21. The second-order valence-corrected chi connectivity index (χ2v) is 16.3. The molecule has 0 heterocycles. The van der Waals surface area contributed by atoms with Gasteiger partial charge in [0.05, 0.1) is 0 Å². The fourth-order valence-corrected chi connectivity index (χ4v) is 6.70. The van der Waals surface area contributed by atoms with Crippen LogP contribution >= 0.6 is 0 Å². The van der Waals surface area contributed by atoms with Gasteiger partial charge in [-0.15, -0.1) is 0 Å². The van der Waals surface area contributed by atoms with Crippen molar-refractivity contribution in [2.24, 2.45) is 0 Å². The molecule has 0 spiro atoms. The molecule has 0 aliphatic heterocycles. The van der Waals surface area contributed by atoms with Gasteiger partial charge in [-0.25, -0.2) is 0 Å². The average molecular weight is 837 g/mol. The summed E-state index contributed by atoms with van der Waals surface area (Å²) in [7, 11) is 0. The lowest BCUT2D eigenvalue weighted by atomic mass is 10.1. The van der Waals surface area contributed by atoms with Crippen molar-refractivity contribution in [3.05, 3.63) is 72.9 Å². The van der Waals surface area contributed by atoms with E-state index in [1.54, 1.807) is 0 Å². The maximum atomic E-state index is 12.8. The van der Waals surface area contributed by atoms with Gasteiger partial charge >= 0.3 is 17.9 Å². The van der Waals surface area contributed by atoms with Gasteiger partial charge in [0.25, 0.3) is 0 Å². The van der Waals surface area contributed by atoms with Gasteiger partial charge in [-0.3, -0.25) is 14.4 Å². The molecule has 0 saturated carbocycles. The molecule has 0 aromatic carbocycles. The van der Waals surface area contributed by atoms with Crippen LogP contribution in [0.5, 0.6) is 0 Å². The zero-order chi connectivity index (χ0) is 43.7. The van der Waals surface area contributed by atoms with Gasteiger partial charge in [0, 0.05) is 19.3 Å². The summed E-state index contributed by atoms with van der Waals surface area (Å²) in [6.45, 7) is 6.45. The Morgan fingerprint density at radius 3 is 1.03 bits per heavy atom. The second kappa shape index (κ2) is 48.5. The van der Waals surface area contributed by atoms with E-state index in [1.165, 1.54) is 70.6 Å². The van der Waals surface area contributed by atoms with Crippen LogP contribution in [0.25, 0.3) is 0 Å². The minimum absolute atomic E-state index is 0.0884. The molecule has 0 N–H and O–H groups in total. The number of hydrogen-bond donors (Lipinski definition) is 0. The predicted molar refractivity (Wildman–Crippen MR) is 256 cm³/mol. The fourth-order valence-electron chi connectivity index (χ4n) is 6.70. The molecule has 6 heteroatoms. The highest BCUT2D eigenvalue weighted by molar-refractivity contribution is 5.71. The number of carbonyl (C=O) groups is 3. The highest BCUT2D eigenvalue weighted by Crippen LogP contribution is 2.13. The number of ether oxygens (including phenoxy) is 3. The lowest BCUT2D eigenvalue weighted by Crippen LogP contribution is -2.30. The van der Waals surface area contributed by atoms with Gasteiger partial charge in [0.15, 0.2) is 6.10 Å². The van der Waals surface area contributed by atoms with Crippen molar-refractivity contribution in [3.8, 4) is 0 Å². The molecule has 1 atom stereocenters. The molecular formula is C54H92O6. The number of carbonyl (C=O) groups excluding carboxylic acids is 3. The second-order valence-electron chi connectivity index (χ2n) is 16.3. The van der Waals surface area contributed by atoms with E-state index < -0.39 is 6.10 Å². The van der Waals surface area contributed by atoms with E-state index in [-0.39, 0.29) is 31.1 Å². The SMILES string of the molecule is CC/C=C\C/C=C\C/C=C\C/C=C\CCCCCCC(=O)OCC(COC(=O)CCCCCCCCCCC)OC(=O)CCCCCCC/C=C\C/C=C\CCCCCC.